The minimum Gasteiger partial charge on any atom is -0.375 e. The largest absolute Gasteiger partial charge is 0.375 e. The van der Waals surface area contributed by atoms with Crippen LogP contribution in [0.2, 0.25) is 0 Å². The van der Waals surface area contributed by atoms with E-state index in [9.17, 15) is 14.9 Å². The summed E-state index contributed by atoms with van der Waals surface area (Å²) in [7, 11) is 2.01. The number of carbonyl (C=O) groups excluding carboxylic acids is 1. The molecule has 0 bridgehead atoms. The maximum Gasteiger partial charge on any atom is 0.276 e. The second-order valence-electron chi connectivity index (χ2n) is 5.55. The Morgan fingerprint density at radius 1 is 1.16 bits per heavy atom. The molecule has 0 radical (unpaired) electrons. The van der Waals surface area contributed by atoms with Crippen LogP contribution in [0.5, 0.6) is 0 Å². The maximum atomic E-state index is 11.8. The lowest BCUT2D eigenvalue weighted by molar-refractivity contribution is -0.385. The van der Waals surface area contributed by atoms with Gasteiger partial charge in [0.2, 0.25) is 5.91 Å². The molecule has 0 atom stereocenters. The molecule has 1 amide bonds. The molecular formula is C19H21N3O3. The third kappa shape index (κ3) is 5.76. The van der Waals surface area contributed by atoms with Crippen LogP contribution in [-0.4, -0.2) is 31.0 Å². The van der Waals surface area contributed by atoms with Crippen molar-refractivity contribution >= 4 is 23.4 Å². The first-order valence-corrected chi connectivity index (χ1v) is 8.03. The molecule has 0 aliphatic carbocycles. The summed E-state index contributed by atoms with van der Waals surface area (Å²) < 4.78 is 0. The van der Waals surface area contributed by atoms with Gasteiger partial charge in [0.1, 0.15) is 0 Å². The fourth-order valence-corrected chi connectivity index (χ4v) is 2.36. The van der Waals surface area contributed by atoms with Gasteiger partial charge in [-0.3, -0.25) is 14.9 Å². The summed E-state index contributed by atoms with van der Waals surface area (Å²) in [5, 5.41) is 13.7. The highest BCUT2D eigenvalue weighted by Crippen LogP contribution is 2.18. The van der Waals surface area contributed by atoms with Gasteiger partial charge in [-0.1, -0.05) is 30.3 Å². The Labute approximate surface area is 146 Å². The number of benzene rings is 2. The first kappa shape index (κ1) is 18.2. The Morgan fingerprint density at radius 2 is 1.84 bits per heavy atom. The van der Waals surface area contributed by atoms with Crippen LogP contribution < -0.4 is 10.2 Å². The number of nitrogens with zero attached hydrogens (tertiary/aromatic N) is 2. The molecule has 25 heavy (non-hydrogen) atoms. The minimum absolute atomic E-state index is 0.0176. The van der Waals surface area contributed by atoms with Crippen LogP contribution in [-0.2, 0) is 4.79 Å². The average Bonchev–Trinajstić information content (AvgIpc) is 2.64. The monoisotopic (exact) mass is 339 g/mol. The van der Waals surface area contributed by atoms with Crippen LogP contribution in [0.4, 0.5) is 11.4 Å². The molecule has 0 saturated carbocycles. The van der Waals surface area contributed by atoms with Gasteiger partial charge in [0.15, 0.2) is 0 Å². The van der Waals surface area contributed by atoms with E-state index in [-0.39, 0.29) is 11.6 Å². The first-order valence-electron chi connectivity index (χ1n) is 8.03. The third-order valence-electron chi connectivity index (χ3n) is 3.71. The summed E-state index contributed by atoms with van der Waals surface area (Å²) in [4.78, 5) is 24.4. The second-order valence-corrected chi connectivity index (χ2v) is 5.55. The molecule has 0 aliphatic heterocycles. The fraction of sp³-hybridized carbons (Fsp3) is 0.211. The smallest absolute Gasteiger partial charge is 0.276 e. The third-order valence-corrected chi connectivity index (χ3v) is 3.71. The summed E-state index contributed by atoms with van der Waals surface area (Å²) in [5.41, 5.74) is 1.52. The van der Waals surface area contributed by atoms with Gasteiger partial charge in [0, 0.05) is 38.0 Å². The van der Waals surface area contributed by atoms with Crippen molar-refractivity contribution in [2.45, 2.75) is 6.42 Å². The molecule has 1 N–H and O–H groups in total. The lowest BCUT2D eigenvalue weighted by Gasteiger charge is -2.18. The molecular weight excluding hydrogens is 318 g/mol. The van der Waals surface area contributed by atoms with Gasteiger partial charge >= 0.3 is 0 Å². The van der Waals surface area contributed by atoms with E-state index in [0.717, 1.165) is 18.7 Å². The number of anilines is 1. The molecule has 2 aromatic rings. The van der Waals surface area contributed by atoms with E-state index in [1.165, 1.54) is 18.2 Å². The van der Waals surface area contributed by atoms with Crippen molar-refractivity contribution in [1.82, 2.24) is 5.32 Å². The molecule has 6 nitrogen and oxygen atoms in total. The van der Waals surface area contributed by atoms with Crippen molar-refractivity contribution in [3.8, 4) is 0 Å². The van der Waals surface area contributed by atoms with Gasteiger partial charge in [0.05, 0.1) is 10.5 Å². The number of amides is 1. The van der Waals surface area contributed by atoms with Gasteiger partial charge in [0.25, 0.3) is 5.69 Å². The highest BCUT2D eigenvalue weighted by molar-refractivity contribution is 5.92. The number of nitro benzene ring substituents is 1. The van der Waals surface area contributed by atoms with Gasteiger partial charge in [-0.25, -0.2) is 0 Å². The van der Waals surface area contributed by atoms with Crippen LogP contribution in [0.3, 0.4) is 0 Å². The Morgan fingerprint density at radius 3 is 2.56 bits per heavy atom. The van der Waals surface area contributed by atoms with Gasteiger partial charge in [-0.05, 0) is 30.7 Å². The fourth-order valence-electron chi connectivity index (χ4n) is 2.36. The molecule has 130 valence electrons. The molecule has 0 aliphatic rings. The van der Waals surface area contributed by atoms with Crippen LogP contribution >= 0.6 is 0 Å². The Hall–Kier alpha value is -3.15. The van der Waals surface area contributed by atoms with E-state index in [2.05, 4.69) is 10.2 Å². The Bertz CT molecular complexity index is 745. The van der Waals surface area contributed by atoms with E-state index in [1.54, 1.807) is 18.2 Å². The van der Waals surface area contributed by atoms with Gasteiger partial charge in [-0.2, -0.15) is 0 Å². The summed E-state index contributed by atoms with van der Waals surface area (Å²) in [6, 6.07) is 16.3. The van der Waals surface area contributed by atoms with Crippen LogP contribution in [0, 0.1) is 10.1 Å². The molecule has 0 aromatic heterocycles. The standard InChI is InChI=1S/C19H21N3O3/c1-21(17-9-3-2-4-10-17)15-7-14-20-19(23)13-12-16-8-5-6-11-18(16)22(24)25/h2-6,8-13H,7,14-15H2,1H3,(H,20,23). The molecule has 0 heterocycles. The second kappa shape index (κ2) is 9.22. The van der Waals surface area contributed by atoms with Crippen molar-refractivity contribution in [1.29, 1.82) is 0 Å². The quantitative estimate of drug-likeness (QED) is 0.347. The van der Waals surface area contributed by atoms with E-state index >= 15 is 0 Å². The van der Waals surface area contributed by atoms with Crippen molar-refractivity contribution < 1.29 is 9.72 Å². The number of nitro groups is 1. The SMILES string of the molecule is CN(CCCNC(=O)C=Cc1ccccc1[N+](=O)[O-])c1ccccc1. The minimum atomic E-state index is -0.461. The van der Waals surface area contributed by atoms with Crippen molar-refractivity contribution in [2.24, 2.45) is 0 Å². The molecule has 6 heteroatoms. The Balaban J connectivity index is 1.77. The highest BCUT2D eigenvalue weighted by Gasteiger charge is 2.09. The van der Waals surface area contributed by atoms with E-state index in [4.69, 9.17) is 0 Å². The molecule has 0 spiro atoms. The van der Waals surface area contributed by atoms with E-state index < -0.39 is 4.92 Å². The maximum absolute atomic E-state index is 11.8. The van der Waals surface area contributed by atoms with Crippen molar-refractivity contribution in [2.75, 3.05) is 25.0 Å². The normalized spacial score (nSPS) is 10.6. The number of nitrogens with one attached hydrogen (secondary N) is 1. The van der Waals surface area contributed by atoms with Crippen molar-refractivity contribution in [3.05, 3.63) is 76.4 Å². The number of carbonyl (C=O) groups is 1. The zero-order valence-electron chi connectivity index (χ0n) is 14.1. The Kier molecular flexibility index (Phi) is 6.71. The predicted molar refractivity (Wildman–Crippen MR) is 99.5 cm³/mol. The summed E-state index contributed by atoms with van der Waals surface area (Å²) in [6.07, 6.45) is 3.59. The van der Waals surface area contributed by atoms with Crippen LogP contribution in [0.15, 0.2) is 60.7 Å². The zero-order valence-corrected chi connectivity index (χ0v) is 14.1. The number of hydrogen-bond donors (Lipinski definition) is 1. The number of para-hydroxylation sites is 2. The number of rotatable bonds is 8. The predicted octanol–water partition coefficient (Wildman–Crippen LogP) is 3.25. The van der Waals surface area contributed by atoms with E-state index in [1.807, 2.05) is 37.4 Å². The summed E-state index contributed by atoms with van der Waals surface area (Å²) in [6.45, 7) is 1.36. The van der Waals surface area contributed by atoms with Crippen LogP contribution in [0.1, 0.15) is 12.0 Å². The molecule has 2 aromatic carbocycles. The molecule has 0 fully saturated rings. The number of hydrogen-bond acceptors (Lipinski definition) is 4. The van der Waals surface area contributed by atoms with Gasteiger partial charge in [-0.15, -0.1) is 0 Å². The molecule has 2 rings (SSSR count). The summed E-state index contributed by atoms with van der Waals surface area (Å²) >= 11 is 0. The lowest BCUT2D eigenvalue weighted by atomic mass is 10.1. The average molecular weight is 339 g/mol. The summed E-state index contributed by atoms with van der Waals surface area (Å²) in [5.74, 6) is -0.263. The molecule has 0 unspecified atom stereocenters. The lowest BCUT2D eigenvalue weighted by Crippen LogP contribution is -2.26. The topological polar surface area (TPSA) is 75.5 Å². The van der Waals surface area contributed by atoms with E-state index in [0.29, 0.717) is 12.1 Å². The van der Waals surface area contributed by atoms with Gasteiger partial charge < -0.3 is 10.2 Å². The highest BCUT2D eigenvalue weighted by atomic mass is 16.6. The van der Waals surface area contributed by atoms with Crippen LogP contribution in [0.25, 0.3) is 6.08 Å². The first-order chi connectivity index (χ1) is 12.1. The van der Waals surface area contributed by atoms with Crippen molar-refractivity contribution in [3.63, 3.8) is 0 Å². The zero-order chi connectivity index (χ0) is 18.1. The molecule has 0 saturated heterocycles.